The molecule has 0 saturated carbocycles. The van der Waals surface area contributed by atoms with Gasteiger partial charge in [-0.05, 0) is 12.1 Å². The number of hydrogen-bond donors (Lipinski definition) is 1. The van der Waals surface area contributed by atoms with E-state index in [-0.39, 0.29) is 17.5 Å². The fourth-order valence-electron chi connectivity index (χ4n) is 0.996. The molecule has 0 saturated heterocycles. The third kappa shape index (κ3) is 2.05. The Morgan fingerprint density at radius 3 is 2.75 bits per heavy atom. The molecule has 0 aliphatic rings. The van der Waals surface area contributed by atoms with Gasteiger partial charge in [0, 0.05) is 6.08 Å². The van der Waals surface area contributed by atoms with Gasteiger partial charge in [-0.1, -0.05) is 0 Å². The molecule has 0 spiro atoms. The smallest absolute Gasteiger partial charge is 0.401 e. The Kier molecular flexibility index (Phi) is 2.38. The first-order valence-corrected chi connectivity index (χ1v) is 4.13. The van der Waals surface area contributed by atoms with Gasteiger partial charge in [0.25, 0.3) is 0 Å². The van der Waals surface area contributed by atoms with E-state index >= 15 is 0 Å². The van der Waals surface area contributed by atoms with Gasteiger partial charge < -0.3 is 8.83 Å². The van der Waals surface area contributed by atoms with Crippen LogP contribution in [-0.4, -0.2) is 15.1 Å². The first kappa shape index (κ1) is 9.90. The third-order valence-corrected chi connectivity index (χ3v) is 1.64. The van der Waals surface area contributed by atoms with Gasteiger partial charge in [-0.2, -0.15) is 0 Å². The van der Waals surface area contributed by atoms with Crippen LogP contribution in [-0.2, 0) is 0 Å². The van der Waals surface area contributed by atoms with Gasteiger partial charge in [-0.25, -0.2) is 9.89 Å². The molecule has 2 rings (SSSR count). The molecule has 0 amide bonds. The minimum Gasteiger partial charge on any atom is -0.401 e. The summed E-state index contributed by atoms with van der Waals surface area (Å²) in [6.07, 6.45) is 2.74. The van der Waals surface area contributed by atoms with Gasteiger partial charge in [0.05, 0.1) is 6.07 Å². The van der Waals surface area contributed by atoms with E-state index in [0.29, 0.717) is 0 Å². The van der Waals surface area contributed by atoms with Crippen LogP contribution in [0.3, 0.4) is 0 Å². The molecular formula is C8H5N3O5. The quantitative estimate of drug-likeness (QED) is 0.613. The number of nitrogens with one attached hydrogen (secondary N) is 1. The maximum absolute atomic E-state index is 10.6. The van der Waals surface area contributed by atoms with E-state index in [4.69, 9.17) is 4.42 Å². The lowest BCUT2D eigenvalue weighted by Crippen LogP contribution is -1.93. The minimum atomic E-state index is -0.676. The van der Waals surface area contributed by atoms with Crippen molar-refractivity contribution in [2.45, 2.75) is 0 Å². The van der Waals surface area contributed by atoms with Crippen molar-refractivity contribution in [2.75, 3.05) is 0 Å². The number of hydrogen-bond acceptors (Lipinski definition) is 6. The Morgan fingerprint density at radius 2 is 2.19 bits per heavy atom. The molecule has 2 aromatic heterocycles. The van der Waals surface area contributed by atoms with E-state index in [1.165, 1.54) is 24.3 Å². The fraction of sp³-hybridized carbons (Fsp3) is 0. The normalized spacial score (nSPS) is 11.0. The Morgan fingerprint density at radius 1 is 1.38 bits per heavy atom. The molecular weight excluding hydrogens is 218 g/mol. The summed E-state index contributed by atoms with van der Waals surface area (Å²) >= 11 is 0. The number of rotatable bonds is 3. The molecule has 0 bridgehead atoms. The fourth-order valence-corrected chi connectivity index (χ4v) is 0.996. The van der Waals surface area contributed by atoms with Crippen LogP contribution in [0.2, 0.25) is 0 Å². The van der Waals surface area contributed by atoms with Crippen LogP contribution >= 0.6 is 0 Å². The molecule has 2 aromatic rings. The van der Waals surface area contributed by atoms with Crippen molar-refractivity contribution in [1.29, 1.82) is 0 Å². The number of aromatic nitrogens is 2. The molecule has 0 aliphatic carbocycles. The second-order valence-corrected chi connectivity index (χ2v) is 2.72. The SMILES string of the molecule is O=c1[nH]nc(/C=C/c2ccc([N+](=O)[O-])o2)o1. The Balaban J connectivity index is 2.17. The van der Waals surface area contributed by atoms with Crippen LogP contribution in [0.1, 0.15) is 11.7 Å². The predicted octanol–water partition coefficient (Wildman–Crippen LogP) is 1.03. The molecule has 0 aliphatic heterocycles. The van der Waals surface area contributed by atoms with Gasteiger partial charge >= 0.3 is 11.6 Å². The lowest BCUT2D eigenvalue weighted by Gasteiger charge is -1.82. The second kappa shape index (κ2) is 3.85. The molecule has 0 aromatic carbocycles. The first-order chi connectivity index (χ1) is 7.65. The summed E-state index contributed by atoms with van der Waals surface area (Å²) in [6, 6.07) is 2.64. The Hall–Kier alpha value is -2.64. The standard InChI is InChI=1S/C8H5N3O5/c12-8-10-9-6(16-8)3-1-5-2-4-7(15-5)11(13)14/h1-4H,(H,10,12)/b3-1+. The topological polar surface area (TPSA) is 115 Å². The summed E-state index contributed by atoms with van der Waals surface area (Å²) in [4.78, 5) is 20.2. The van der Waals surface area contributed by atoms with E-state index < -0.39 is 10.7 Å². The average Bonchev–Trinajstić information content (AvgIpc) is 2.83. The highest BCUT2D eigenvalue weighted by molar-refractivity contribution is 5.63. The molecule has 0 radical (unpaired) electrons. The van der Waals surface area contributed by atoms with E-state index in [9.17, 15) is 14.9 Å². The van der Waals surface area contributed by atoms with E-state index in [1.54, 1.807) is 0 Å². The zero-order valence-electron chi connectivity index (χ0n) is 7.75. The molecule has 0 unspecified atom stereocenters. The van der Waals surface area contributed by atoms with Gasteiger partial charge in [0.2, 0.25) is 5.89 Å². The van der Waals surface area contributed by atoms with Gasteiger partial charge in [0.15, 0.2) is 0 Å². The van der Waals surface area contributed by atoms with Crippen molar-refractivity contribution in [1.82, 2.24) is 10.2 Å². The van der Waals surface area contributed by atoms with Crippen LogP contribution in [0, 0.1) is 10.1 Å². The maximum atomic E-state index is 10.6. The van der Waals surface area contributed by atoms with Crippen molar-refractivity contribution in [3.05, 3.63) is 44.4 Å². The molecule has 2 heterocycles. The molecule has 82 valence electrons. The number of nitro groups is 1. The molecule has 8 nitrogen and oxygen atoms in total. The summed E-state index contributed by atoms with van der Waals surface area (Å²) in [7, 11) is 0. The molecule has 1 N–H and O–H groups in total. The minimum absolute atomic E-state index is 0.0593. The van der Waals surface area contributed by atoms with Crippen molar-refractivity contribution in [3.63, 3.8) is 0 Å². The first-order valence-electron chi connectivity index (χ1n) is 4.13. The average molecular weight is 223 g/mol. The Bertz CT molecular complexity index is 591. The summed E-state index contributed by atoms with van der Waals surface area (Å²) in [5.74, 6) is -0.713. The largest absolute Gasteiger partial charge is 0.434 e. The van der Waals surface area contributed by atoms with Crippen LogP contribution in [0.25, 0.3) is 12.2 Å². The molecule has 16 heavy (non-hydrogen) atoms. The lowest BCUT2D eigenvalue weighted by molar-refractivity contribution is -0.402. The van der Waals surface area contributed by atoms with Gasteiger partial charge in [-0.15, -0.1) is 5.10 Å². The highest BCUT2D eigenvalue weighted by Crippen LogP contribution is 2.17. The highest BCUT2D eigenvalue weighted by Gasteiger charge is 2.09. The predicted molar refractivity (Wildman–Crippen MR) is 51.4 cm³/mol. The van der Waals surface area contributed by atoms with Crippen molar-refractivity contribution in [2.24, 2.45) is 0 Å². The Labute approximate surface area is 87.3 Å². The molecule has 0 fully saturated rings. The highest BCUT2D eigenvalue weighted by atomic mass is 16.6. The number of aromatic amines is 1. The zero-order chi connectivity index (χ0) is 11.5. The molecule has 8 heteroatoms. The van der Waals surface area contributed by atoms with Crippen LogP contribution in [0.15, 0.2) is 25.8 Å². The molecule has 0 atom stereocenters. The summed E-state index contributed by atoms with van der Waals surface area (Å²) in [6.45, 7) is 0. The summed E-state index contributed by atoms with van der Waals surface area (Å²) in [5.41, 5.74) is 0. The van der Waals surface area contributed by atoms with E-state index in [1.807, 2.05) is 0 Å². The van der Waals surface area contributed by atoms with Gasteiger partial charge in [-0.3, -0.25) is 10.1 Å². The number of furan rings is 1. The zero-order valence-corrected chi connectivity index (χ0v) is 7.75. The van der Waals surface area contributed by atoms with E-state index in [0.717, 1.165) is 0 Å². The summed E-state index contributed by atoms with van der Waals surface area (Å²) in [5, 5.41) is 15.9. The lowest BCUT2D eigenvalue weighted by atomic mass is 10.4. The maximum Gasteiger partial charge on any atom is 0.434 e. The number of H-pyrrole nitrogens is 1. The second-order valence-electron chi connectivity index (χ2n) is 2.72. The van der Waals surface area contributed by atoms with Gasteiger partial charge in [0.1, 0.15) is 10.7 Å². The van der Waals surface area contributed by atoms with Crippen LogP contribution < -0.4 is 5.76 Å². The number of nitrogens with zero attached hydrogens (tertiary/aromatic N) is 2. The van der Waals surface area contributed by atoms with Crippen molar-refractivity contribution >= 4 is 18.0 Å². The van der Waals surface area contributed by atoms with Crippen LogP contribution in [0.4, 0.5) is 5.88 Å². The third-order valence-electron chi connectivity index (χ3n) is 1.64. The summed E-state index contributed by atoms with van der Waals surface area (Å²) < 4.78 is 9.40. The van der Waals surface area contributed by atoms with Crippen molar-refractivity contribution < 1.29 is 13.8 Å². The van der Waals surface area contributed by atoms with Crippen molar-refractivity contribution in [3.8, 4) is 0 Å². The van der Waals surface area contributed by atoms with Crippen LogP contribution in [0.5, 0.6) is 0 Å². The monoisotopic (exact) mass is 223 g/mol. The van der Waals surface area contributed by atoms with E-state index in [2.05, 4.69) is 14.6 Å².